The van der Waals surface area contributed by atoms with Gasteiger partial charge in [-0.1, -0.05) is 13.8 Å². The van der Waals surface area contributed by atoms with Gasteiger partial charge in [-0.25, -0.2) is 9.80 Å². The maximum atomic E-state index is 12.0. The zero-order chi connectivity index (χ0) is 19.0. The van der Waals surface area contributed by atoms with Crippen molar-refractivity contribution in [1.82, 2.24) is 0 Å². The first-order chi connectivity index (χ1) is 12.3. The molecule has 0 saturated carbocycles. The van der Waals surface area contributed by atoms with E-state index in [2.05, 4.69) is 5.32 Å². The Morgan fingerprint density at radius 3 is 1.50 bits per heavy atom. The van der Waals surface area contributed by atoms with Gasteiger partial charge in [-0.15, -0.1) is 0 Å². The van der Waals surface area contributed by atoms with Crippen LogP contribution in [0.25, 0.3) is 0 Å². The highest BCUT2D eigenvalue weighted by atomic mass is 16.2. The molecule has 132 valence electrons. The van der Waals surface area contributed by atoms with Gasteiger partial charge in [0.1, 0.15) is 0 Å². The average molecular weight is 353 g/mol. The van der Waals surface area contributed by atoms with E-state index in [0.29, 0.717) is 0 Å². The Bertz CT molecular complexity index is 817. The number of amides is 5. The largest absolute Gasteiger partial charge is 0.326 e. The van der Waals surface area contributed by atoms with Crippen LogP contribution in [0.1, 0.15) is 13.8 Å². The van der Waals surface area contributed by atoms with Crippen molar-refractivity contribution in [3.63, 3.8) is 0 Å². The quantitative estimate of drug-likeness (QED) is 0.818. The van der Waals surface area contributed by atoms with Crippen molar-refractivity contribution in [2.24, 2.45) is 5.92 Å². The topological polar surface area (TPSA) is 104 Å². The molecule has 0 saturated heterocycles. The molecule has 0 aromatic heterocycles. The van der Waals surface area contributed by atoms with Crippen LogP contribution in [0.2, 0.25) is 0 Å². The van der Waals surface area contributed by atoms with Crippen LogP contribution in [-0.2, 0) is 24.0 Å². The molecule has 5 amide bonds. The van der Waals surface area contributed by atoms with Gasteiger partial charge in [0.25, 0.3) is 23.6 Å². The Kier molecular flexibility index (Phi) is 4.25. The van der Waals surface area contributed by atoms with Gasteiger partial charge in [-0.05, 0) is 18.2 Å². The second-order valence-electron chi connectivity index (χ2n) is 6.07. The standard InChI is InChI=1S/C18H15N3O5/c1-10(2)18(26)19-11-7-12(20-14(22)3-4-15(20)23)9-13(8-11)21-16(24)5-6-17(21)25/h3-10H,1-2H3,(H,19,26). The number of benzene rings is 1. The monoisotopic (exact) mass is 353 g/mol. The molecule has 0 fully saturated rings. The summed E-state index contributed by atoms with van der Waals surface area (Å²) in [6, 6.07) is 4.24. The van der Waals surface area contributed by atoms with Crippen molar-refractivity contribution < 1.29 is 24.0 Å². The number of hydrogen-bond donors (Lipinski definition) is 1. The molecule has 0 aliphatic carbocycles. The van der Waals surface area contributed by atoms with Crippen molar-refractivity contribution in [2.75, 3.05) is 15.1 Å². The predicted octanol–water partition coefficient (Wildman–Crippen LogP) is 1.14. The first-order valence-corrected chi connectivity index (χ1v) is 7.86. The number of imide groups is 2. The lowest BCUT2D eigenvalue weighted by Gasteiger charge is -2.21. The molecule has 8 heteroatoms. The number of nitrogens with zero attached hydrogens (tertiary/aromatic N) is 2. The minimum atomic E-state index is -0.550. The van der Waals surface area contributed by atoms with Gasteiger partial charge in [0.05, 0.1) is 11.4 Å². The number of carbonyl (C=O) groups is 5. The fourth-order valence-corrected chi connectivity index (χ4v) is 2.52. The fourth-order valence-electron chi connectivity index (χ4n) is 2.52. The molecule has 0 unspecified atom stereocenters. The number of rotatable bonds is 4. The van der Waals surface area contributed by atoms with Crippen molar-refractivity contribution >= 4 is 46.6 Å². The minimum absolute atomic E-state index is 0.147. The highest BCUT2D eigenvalue weighted by Gasteiger charge is 2.30. The number of anilines is 3. The van der Waals surface area contributed by atoms with E-state index in [0.717, 1.165) is 34.1 Å². The summed E-state index contributed by atoms with van der Waals surface area (Å²) in [7, 11) is 0. The summed E-state index contributed by atoms with van der Waals surface area (Å²) in [5.41, 5.74) is 0.555. The average Bonchev–Trinajstić information content (AvgIpc) is 3.08. The summed E-state index contributed by atoms with van der Waals surface area (Å²) in [5.74, 6) is -2.80. The molecule has 2 aliphatic heterocycles. The third-order valence-electron chi connectivity index (χ3n) is 3.83. The second-order valence-corrected chi connectivity index (χ2v) is 6.07. The molecule has 0 spiro atoms. The molecular formula is C18H15N3O5. The van der Waals surface area contributed by atoms with Gasteiger partial charge in [0.15, 0.2) is 0 Å². The third kappa shape index (κ3) is 3.04. The van der Waals surface area contributed by atoms with Crippen LogP contribution in [0, 0.1) is 5.92 Å². The molecule has 0 bridgehead atoms. The summed E-state index contributed by atoms with van der Waals surface area (Å²) < 4.78 is 0. The predicted molar refractivity (Wildman–Crippen MR) is 93.2 cm³/mol. The van der Waals surface area contributed by atoms with Gasteiger partial charge >= 0.3 is 0 Å². The van der Waals surface area contributed by atoms with Crippen LogP contribution in [-0.4, -0.2) is 29.5 Å². The van der Waals surface area contributed by atoms with E-state index in [1.54, 1.807) is 13.8 Å². The summed E-state index contributed by atoms with van der Waals surface area (Å²) in [6.45, 7) is 3.41. The van der Waals surface area contributed by atoms with Gasteiger partial charge in [0.2, 0.25) is 5.91 Å². The number of carbonyl (C=O) groups excluding carboxylic acids is 5. The van der Waals surface area contributed by atoms with Gasteiger partial charge in [-0.2, -0.15) is 0 Å². The maximum absolute atomic E-state index is 12.0. The first-order valence-electron chi connectivity index (χ1n) is 7.86. The van der Waals surface area contributed by atoms with Gasteiger partial charge in [-0.3, -0.25) is 24.0 Å². The number of hydrogen-bond acceptors (Lipinski definition) is 5. The van der Waals surface area contributed by atoms with E-state index in [9.17, 15) is 24.0 Å². The smallest absolute Gasteiger partial charge is 0.258 e. The zero-order valence-electron chi connectivity index (χ0n) is 14.1. The molecule has 8 nitrogen and oxygen atoms in total. The van der Waals surface area contributed by atoms with Crippen molar-refractivity contribution in [3.05, 3.63) is 42.5 Å². The summed E-state index contributed by atoms with van der Waals surface area (Å²) in [4.78, 5) is 61.6. The van der Waals surface area contributed by atoms with Crippen LogP contribution in [0.4, 0.5) is 17.1 Å². The van der Waals surface area contributed by atoms with E-state index in [-0.39, 0.29) is 28.9 Å². The van der Waals surface area contributed by atoms with Crippen LogP contribution in [0.3, 0.4) is 0 Å². The lowest BCUT2D eigenvalue weighted by atomic mass is 10.1. The van der Waals surface area contributed by atoms with Crippen LogP contribution in [0.15, 0.2) is 42.5 Å². The Morgan fingerprint density at radius 2 is 1.15 bits per heavy atom. The number of nitrogens with one attached hydrogen (secondary N) is 1. The summed E-state index contributed by atoms with van der Waals surface area (Å²) >= 11 is 0. The molecule has 2 aliphatic rings. The van der Waals surface area contributed by atoms with Crippen molar-refractivity contribution in [2.45, 2.75) is 13.8 Å². The lowest BCUT2D eigenvalue weighted by Crippen LogP contribution is -2.32. The molecule has 1 aromatic carbocycles. The molecule has 0 atom stereocenters. The van der Waals surface area contributed by atoms with Crippen molar-refractivity contribution in [1.29, 1.82) is 0 Å². The zero-order valence-corrected chi connectivity index (χ0v) is 14.1. The highest BCUT2D eigenvalue weighted by molar-refractivity contribution is 6.30. The van der Waals surface area contributed by atoms with Crippen molar-refractivity contribution in [3.8, 4) is 0 Å². The molecule has 1 N–H and O–H groups in total. The highest BCUT2D eigenvalue weighted by Crippen LogP contribution is 2.31. The van der Waals surface area contributed by atoms with Crippen LogP contribution < -0.4 is 15.1 Å². The lowest BCUT2D eigenvalue weighted by molar-refractivity contribution is -0.121. The Hall–Kier alpha value is -3.55. The van der Waals surface area contributed by atoms with E-state index < -0.39 is 23.6 Å². The molecular weight excluding hydrogens is 338 g/mol. The van der Waals surface area contributed by atoms with Gasteiger partial charge < -0.3 is 5.32 Å². The maximum Gasteiger partial charge on any atom is 0.258 e. The molecule has 3 rings (SSSR count). The van der Waals surface area contributed by atoms with E-state index >= 15 is 0 Å². The summed E-state index contributed by atoms with van der Waals surface area (Å²) in [6.07, 6.45) is 4.48. The Labute approximate surface area is 148 Å². The molecule has 2 heterocycles. The van der Waals surface area contributed by atoms with Gasteiger partial charge in [0, 0.05) is 35.9 Å². The third-order valence-corrected chi connectivity index (χ3v) is 3.83. The van der Waals surface area contributed by atoms with Crippen LogP contribution in [0.5, 0.6) is 0 Å². The van der Waals surface area contributed by atoms with Crippen LogP contribution >= 0.6 is 0 Å². The molecule has 26 heavy (non-hydrogen) atoms. The second kappa shape index (κ2) is 6.40. The summed E-state index contributed by atoms with van der Waals surface area (Å²) in [5, 5.41) is 2.65. The molecule has 0 radical (unpaired) electrons. The first kappa shape index (κ1) is 17.3. The van der Waals surface area contributed by atoms with E-state index in [1.165, 1.54) is 18.2 Å². The fraction of sp³-hybridized carbons (Fsp3) is 0.167. The Morgan fingerprint density at radius 1 is 0.769 bits per heavy atom. The van der Waals surface area contributed by atoms with E-state index in [4.69, 9.17) is 0 Å². The minimum Gasteiger partial charge on any atom is -0.326 e. The normalized spacial score (nSPS) is 16.4. The Balaban J connectivity index is 2.06. The molecule has 1 aromatic rings. The van der Waals surface area contributed by atoms with E-state index in [1.807, 2.05) is 0 Å². The SMILES string of the molecule is CC(C)C(=O)Nc1cc(N2C(=O)C=CC2=O)cc(N2C(=O)C=CC2=O)c1.